The van der Waals surface area contributed by atoms with Gasteiger partial charge in [0.25, 0.3) is 0 Å². The number of carbonyl (C=O) groups is 3. The SMILES string of the molecule is CC/C=C\C/C=C\C/C=C\CCCCCCCC(=O)OC(COCCC(C(=O)O)[N+](C)(C)C)COC(=O)CCCCCCCCC/C=C\CCCCCCCC. The number of unbranched alkanes of at least 4 members (excludes halogenated alkanes) is 18. The first kappa shape index (κ1) is 53.3. The molecule has 8 heteroatoms. The Labute approximate surface area is 344 Å². The van der Waals surface area contributed by atoms with E-state index < -0.39 is 18.1 Å². The number of carboxylic acids is 1. The summed E-state index contributed by atoms with van der Waals surface area (Å²) in [5, 5.41) is 9.62. The van der Waals surface area contributed by atoms with Gasteiger partial charge in [-0.15, -0.1) is 0 Å². The summed E-state index contributed by atoms with van der Waals surface area (Å²) in [5.41, 5.74) is 0. The zero-order valence-corrected chi connectivity index (χ0v) is 36.8. The van der Waals surface area contributed by atoms with Gasteiger partial charge in [-0.2, -0.15) is 0 Å². The molecule has 1 N–H and O–H groups in total. The van der Waals surface area contributed by atoms with Crippen LogP contribution in [0.2, 0.25) is 0 Å². The Kier molecular flexibility index (Phi) is 37.2. The van der Waals surface area contributed by atoms with Crippen LogP contribution < -0.4 is 0 Å². The minimum absolute atomic E-state index is 0.0522. The number of aliphatic carboxylic acids is 1. The van der Waals surface area contributed by atoms with E-state index in [1.54, 1.807) is 0 Å². The van der Waals surface area contributed by atoms with Crippen molar-refractivity contribution in [3.05, 3.63) is 48.6 Å². The van der Waals surface area contributed by atoms with E-state index in [1.165, 1.54) is 77.0 Å². The molecule has 2 atom stereocenters. The lowest BCUT2D eigenvalue weighted by atomic mass is 10.1. The molecule has 2 unspecified atom stereocenters. The number of carbonyl (C=O) groups excluding carboxylic acids is 2. The second-order valence-corrected chi connectivity index (χ2v) is 16.3. The van der Waals surface area contributed by atoms with Crippen molar-refractivity contribution in [3.8, 4) is 0 Å². The van der Waals surface area contributed by atoms with Gasteiger partial charge >= 0.3 is 17.9 Å². The van der Waals surface area contributed by atoms with Crippen LogP contribution in [0.5, 0.6) is 0 Å². The van der Waals surface area contributed by atoms with Gasteiger partial charge in [-0.05, 0) is 70.6 Å². The summed E-state index contributed by atoms with van der Waals surface area (Å²) in [6.07, 6.45) is 45.8. The third-order valence-electron chi connectivity index (χ3n) is 9.96. The Balaban J connectivity index is 4.35. The summed E-state index contributed by atoms with van der Waals surface area (Å²) in [6.45, 7) is 4.60. The highest BCUT2D eigenvalue weighted by atomic mass is 16.6. The summed E-state index contributed by atoms with van der Waals surface area (Å²) in [6, 6.07) is -0.619. The Morgan fingerprint density at radius 3 is 1.50 bits per heavy atom. The summed E-state index contributed by atoms with van der Waals surface area (Å²) in [5.74, 6) is -1.49. The van der Waals surface area contributed by atoms with Crippen LogP contribution in [0.15, 0.2) is 48.6 Å². The molecule has 0 aromatic heterocycles. The van der Waals surface area contributed by atoms with Crippen LogP contribution in [-0.2, 0) is 28.6 Å². The molecule has 0 amide bonds. The van der Waals surface area contributed by atoms with Crippen molar-refractivity contribution in [1.82, 2.24) is 0 Å². The summed E-state index contributed by atoms with van der Waals surface area (Å²) >= 11 is 0. The van der Waals surface area contributed by atoms with Crippen LogP contribution in [0.25, 0.3) is 0 Å². The van der Waals surface area contributed by atoms with Crippen molar-refractivity contribution >= 4 is 17.9 Å². The molecular weight excluding hydrogens is 703 g/mol. The highest BCUT2D eigenvalue weighted by Crippen LogP contribution is 2.14. The summed E-state index contributed by atoms with van der Waals surface area (Å²) < 4.78 is 17.3. The van der Waals surface area contributed by atoms with Gasteiger partial charge in [0.1, 0.15) is 6.61 Å². The standard InChI is InChI=1S/C48H85NO7/c1-6-8-10-12-14-16-18-20-22-23-25-26-28-30-32-34-36-38-46(50)55-43-44(42-54-41-40-45(48(52)53)49(3,4)5)56-47(51)39-37-35-33-31-29-27-24-21-19-17-15-13-11-9-7-2/h9,11,15,17,20-22,24,44-45H,6-8,10,12-14,16,18-19,23,25-43H2,1-5H3/p+1/b11-9-,17-15-,22-20-,24-21-. The van der Waals surface area contributed by atoms with Gasteiger partial charge in [0.15, 0.2) is 12.1 Å². The van der Waals surface area contributed by atoms with Crippen LogP contribution in [-0.4, -0.2) is 80.6 Å². The zero-order chi connectivity index (χ0) is 41.4. The van der Waals surface area contributed by atoms with Crippen LogP contribution in [0.3, 0.4) is 0 Å². The fourth-order valence-corrected chi connectivity index (χ4v) is 6.45. The number of nitrogens with zero attached hydrogens (tertiary/aromatic N) is 1. The van der Waals surface area contributed by atoms with Gasteiger partial charge < -0.3 is 23.8 Å². The first-order valence-electron chi connectivity index (χ1n) is 22.7. The third-order valence-corrected chi connectivity index (χ3v) is 9.96. The molecule has 324 valence electrons. The number of carboxylic acid groups (broad SMARTS) is 1. The molecule has 0 rings (SSSR count). The Bertz CT molecular complexity index is 1060. The zero-order valence-electron chi connectivity index (χ0n) is 36.8. The van der Waals surface area contributed by atoms with Crippen LogP contribution in [0.4, 0.5) is 0 Å². The van der Waals surface area contributed by atoms with Gasteiger partial charge in [0.05, 0.1) is 34.4 Å². The van der Waals surface area contributed by atoms with Gasteiger partial charge in [-0.25, -0.2) is 4.79 Å². The van der Waals surface area contributed by atoms with Crippen molar-refractivity contribution in [3.63, 3.8) is 0 Å². The highest BCUT2D eigenvalue weighted by Gasteiger charge is 2.31. The van der Waals surface area contributed by atoms with E-state index in [4.69, 9.17) is 14.2 Å². The van der Waals surface area contributed by atoms with Crippen LogP contribution >= 0.6 is 0 Å². The molecule has 0 fully saturated rings. The fourth-order valence-electron chi connectivity index (χ4n) is 6.45. The minimum atomic E-state index is -0.879. The average molecular weight is 789 g/mol. The number of hydrogen-bond acceptors (Lipinski definition) is 6. The van der Waals surface area contributed by atoms with Crippen molar-refractivity contribution in [2.45, 2.75) is 199 Å². The molecule has 0 saturated carbocycles. The molecule has 0 aliphatic carbocycles. The van der Waals surface area contributed by atoms with Gasteiger partial charge in [-0.3, -0.25) is 9.59 Å². The molecule has 0 heterocycles. The molecule has 0 aromatic rings. The number of quaternary nitrogens is 1. The lowest BCUT2D eigenvalue weighted by Crippen LogP contribution is -2.50. The van der Waals surface area contributed by atoms with Crippen LogP contribution in [0.1, 0.15) is 187 Å². The fraction of sp³-hybridized carbons (Fsp3) is 0.771. The van der Waals surface area contributed by atoms with Gasteiger partial charge in [0, 0.05) is 19.3 Å². The second-order valence-electron chi connectivity index (χ2n) is 16.3. The number of allylic oxidation sites excluding steroid dienone is 8. The molecular formula is C48H86NO7+. The van der Waals surface area contributed by atoms with E-state index in [0.717, 1.165) is 77.0 Å². The monoisotopic (exact) mass is 789 g/mol. The van der Waals surface area contributed by atoms with Crippen molar-refractivity contribution in [1.29, 1.82) is 0 Å². The first-order valence-corrected chi connectivity index (χ1v) is 22.7. The Morgan fingerprint density at radius 1 is 0.554 bits per heavy atom. The molecule has 0 spiro atoms. The molecule has 56 heavy (non-hydrogen) atoms. The van der Waals surface area contributed by atoms with Gasteiger partial charge in [0.2, 0.25) is 0 Å². The Hall–Kier alpha value is -2.71. The van der Waals surface area contributed by atoms with E-state index >= 15 is 0 Å². The summed E-state index contributed by atoms with van der Waals surface area (Å²) in [4.78, 5) is 37.0. The van der Waals surface area contributed by atoms with E-state index in [2.05, 4.69) is 62.5 Å². The predicted molar refractivity (Wildman–Crippen MR) is 234 cm³/mol. The number of rotatable bonds is 40. The maximum Gasteiger partial charge on any atom is 0.362 e. The maximum atomic E-state index is 12.7. The molecule has 8 nitrogen and oxygen atoms in total. The molecule has 0 bridgehead atoms. The second kappa shape index (κ2) is 39.1. The molecule has 0 aromatic carbocycles. The number of likely N-dealkylation sites (N-methyl/N-ethyl adjacent to an activating group) is 1. The van der Waals surface area contributed by atoms with Crippen molar-refractivity contribution in [2.75, 3.05) is 41.0 Å². The van der Waals surface area contributed by atoms with E-state index in [-0.39, 0.29) is 36.2 Å². The lowest BCUT2D eigenvalue weighted by Gasteiger charge is -2.31. The average Bonchev–Trinajstić information content (AvgIpc) is 3.15. The first-order chi connectivity index (χ1) is 27.1. The topological polar surface area (TPSA) is 99.1 Å². The van der Waals surface area contributed by atoms with Gasteiger partial charge in [-0.1, -0.05) is 146 Å². The smallest absolute Gasteiger partial charge is 0.362 e. The Morgan fingerprint density at radius 2 is 1.00 bits per heavy atom. The van der Waals surface area contributed by atoms with Crippen molar-refractivity contribution in [2.24, 2.45) is 0 Å². The summed E-state index contributed by atoms with van der Waals surface area (Å²) in [7, 11) is 5.52. The number of hydrogen-bond donors (Lipinski definition) is 1. The highest BCUT2D eigenvalue weighted by molar-refractivity contribution is 5.72. The molecule has 0 radical (unpaired) electrons. The van der Waals surface area contributed by atoms with Crippen molar-refractivity contribution < 1.29 is 38.2 Å². The van der Waals surface area contributed by atoms with Crippen LogP contribution in [0, 0.1) is 0 Å². The third kappa shape index (κ3) is 36.9. The maximum absolute atomic E-state index is 12.7. The van der Waals surface area contributed by atoms with E-state index in [0.29, 0.717) is 19.3 Å². The number of ether oxygens (including phenoxy) is 3. The van der Waals surface area contributed by atoms with E-state index in [9.17, 15) is 19.5 Å². The lowest BCUT2D eigenvalue weighted by molar-refractivity contribution is -0.887. The minimum Gasteiger partial charge on any atom is -0.477 e. The van der Waals surface area contributed by atoms with E-state index in [1.807, 2.05) is 21.1 Å². The quantitative estimate of drug-likeness (QED) is 0.0286. The molecule has 0 aliphatic heterocycles. The predicted octanol–water partition coefficient (Wildman–Crippen LogP) is 12.4. The molecule has 0 aliphatic rings. The largest absolute Gasteiger partial charge is 0.477 e. The normalized spacial score (nSPS) is 13.4. The molecule has 0 saturated heterocycles. The number of esters is 2.